The summed E-state index contributed by atoms with van der Waals surface area (Å²) in [6.45, 7) is 1.44. The topological polar surface area (TPSA) is 88.3 Å². The van der Waals surface area contributed by atoms with Gasteiger partial charge in [-0.25, -0.2) is 4.79 Å². The van der Waals surface area contributed by atoms with Gasteiger partial charge in [0.15, 0.2) is 6.61 Å². The number of esters is 1. The molecule has 0 saturated heterocycles. The number of hydrogen-bond acceptors (Lipinski definition) is 4. The second-order valence-electron chi connectivity index (χ2n) is 7.03. The van der Waals surface area contributed by atoms with Gasteiger partial charge in [0.1, 0.15) is 5.69 Å². The highest BCUT2D eigenvalue weighted by atomic mass is 16.5. The average Bonchev–Trinajstić information content (AvgIpc) is 2.77. The first-order valence-corrected chi connectivity index (χ1v) is 9.59. The molecule has 0 bridgehead atoms. The van der Waals surface area contributed by atoms with Crippen molar-refractivity contribution in [1.29, 1.82) is 0 Å². The molecule has 1 heterocycles. The lowest BCUT2D eigenvalue weighted by molar-refractivity contribution is -0.124. The number of fused-ring (bicyclic) bond motifs is 2. The van der Waals surface area contributed by atoms with Crippen LogP contribution in [-0.2, 0) is 9.53 Å². The zero-order chi connectivity index (χ0) is 21.1. The van der Waals surface area contributed by atoms with Crippen LogP contribution in [0.2, 0.25) is 0 Å². The van der Waals surface area contributed by atoms with E-state index in [4.69, 9.17) is 4.74 Å². The maximum atomic E-state index is 12.3. The minimum atomic E-state index is -0.759. The van der Waals surface area contributed by atoms with Crippen molar-refractivity contribution < 1.29 is 14.3 Å². The summed E-state index contributed by atoms with van der Waals surface area (Å²) in [5.74, 6) is -1.18. The van der Waals surface area contributed by atoms with Gasteiger partial charge in [0, 0.05) is 5.39 Å². The summed E-state index contributed by atoms with van der Waals surface area (Å²) in [7, 11) is 0. The molecule has 2 N–H and O–H groups in total. The van der Waals surface area contributed by atoms with Gasteiger partial charge in [-0.2, -0.15) is 0 Å². The van der Waals surface area contributed by atoms with Crippen LogP contribution in [-0.4, -0.2) is 23.5 Å². The van der Waals surface area contributed by atoms with Gasteiger partial charge < -0.3 is 15.0 Å². The number of nitrogens with one attached hydrogen (secondary N) is 2. The smallest absolute Gasteiger partial charge is 0.355 e. The van der Waals surface area contributed by atoms with Crippen LogP contribution in [0.4, 0.5) is 0 Å². The van der Waals surface area contributed by atoms with E-state index in [0.29, 0.717) is 10.8 Å². The predicted octanol–water partition coefficient (Wildman–Crippen LogP) is 3.72. The molecular weight excluding hydrogens is 380 g/mol. The Labute approximate surface area is 172 Å². The van der Waals surface area contributed by atoms with Crippen LogP contribution >= 0.6 is 0 Å². The summed E-state index contributed by atoms with van der Waals surface area (Å²) in [4.78, 5) is 39.2. The molecule has 0 radical (unpaired) electrons. The van der Waals surface area contributed by atoms with Crippen LogP contribution in [0.25, 0.3) is 21.5 Å². The number of aromatic amines is 1. The molecule has 150 valence electrons. The lowest BCUT2D eigenvalue weighted by Gasteiger charge is -2.16. The molecule has 0 saturated carbocycles. The average molecular weight is 400 g/mol. The summed E-state index contributed by atoms with van der Waals surface area (Å²) < 4.78 is 5.10. The van der Waals surface area contributed by atoms with E-state index in [1.54, 1.807) is 24.3 Å². The van der Waals surface area contributed by atoms with E-state index < -0.39 is 18.5 Å². The third kappa shape index (κ3) is 3.93. The monoisotopic (exact) mass is 400 g/mol. The van der Waals surface area contributed by atoms with Gasteiger partial charge in [-0.1, -0.05) is 60.7 Å². The molecule has 1 amide bonds. The first kappa shape index (κ1) is 19.4. The second kappa shape index (κ2) is 8.21. The lowest BCUT2D eigenvalue weighted by atomic mass is 10.00. The van der Waals surface area contributed by atoms with Gasteiger partial charge in [-0.3, -0.25) is 9.59 Å². The normalized spacial score (nSPS) is 11.9. The summed E-state index contributed by atoms with van der Waals surface area (Å²) in [6, 6.07) is 22.1. The first-order chi connectivity index (χ1) is 14.5. The van der Waals surface area contributed by atoms with E-state index in [2.05, 4.69) is 10.3 Å². The highest BCUT2D eigenvalue weighted by Crippen LogP contribution is 2.24. The lowest BCUT2D eigenvalue weighted by Crippen LogP contribution is -2.31. The van der Waals surface area contributed by atoms with E-state index in [-0.39, 0.29) is 17.3 Å². The SMILES string of the molecule is C[C@H](NC(=O)COC(=O)c1cc2ccccc2c(=O)[nH]1)c1cccc2ccccc12. The van der Waals surface area contributed by atoms with E-state index in [9.17, 15) is 14.4 Å². The van der Waals surface area contributed by atoms with Crippen LogP contribution < -0.4 is 10.9 Å². The van der Waals surface area contributed by atoms with Gasteiger partial charge in [0.25, 0.3) is 11.5 Å². The van der Waals surface area contributed by atoms with E-state index >= 15 is 0 Å². The van der Waals surface area contributed by atoms with Gasteiger partial charge in [0.05, 0.1) is 6.04 Å². The number of rotatable bonds is 5. The van der Waals surface area contributed by atoms with Crippen molar-refractivity contribution in [3.05, 3.63) is 94.4 Å². The van der Waals surface area contributed by atoms with Gasteiger partial charge >= 0.3 is 5.97 Å². The van der Waals surface area contributed by atoms with Crippen LogP contribution in [0.5, 0.6) is 0 Å². The Kier molecular flexibility index (Phi) is 5.30. The predicted molar refractivity (Wildman–Crippen MR) is 115 cm³/mol. The van der Waals surface area contributed by atoms with E-state index in [0.717, 1.165) is 16.3 Å². The number of ether oxygens (including phenoxy) is 1. The largest absolute Gasteiger partial charge is 0.451 e. The molecule has 0 fully saturated rings. The first-order valence-electron chi connectivity index (χ1n) is 9.59. The van der Waals surface area contributed by atoms with Crippen molar-refractivity contribution in [3.63, 3.8) is 0 Å². The van der Waals surface area contributed by atoms with Gasteiger partial charge in [-0.05, 0) is 40.8 Å². The highest BCUT2D eigenvalue weighted by Gasteiger charge is 2.16. The highest BCUT2D eigenvalue weighted by molar-refractivity contribution is 5.94. The third-order valence-corrected chi connectivity index (χ3v) is 4.98. The Morgan fingerprint density at radius 2 is 1.60 bits per heavy atom. The molecule has 6 nitrogen and oxygen atoms in total. The van der Waals surface area contributed by atoms with Crippen LogP contribution in [0.15, 0.2) is 77.6 Å². The Hall–Kier alpha value is -3.93. The molecule has 0 aliphatic carbocycles. The molecule has 6 heteroatoms. The minimum Gasteiger partial charge on any atom is -0.451 e. The number of pyridine rings is 1. The molecule has 1 aromatic heterocycles. The molecule has 4 rings (SSSR count). The number of carbonyl (C=O) groups excluding carboxylic acids is 2. The Balaban J connectivity index is 1.42. The standard InChI is InChI=1S/C24H20N2O4/c1-15(18-12-6-9-16-7-2-4-10-19(16)18)25-22(27)14-30-24(29)21-13-17-8-3-5-11-20(17)23(28)26-21/h2-13,15H,14H2,1H3,(H,25,27)(H,26,28)/t15-/m0/s1. The molecule has 4 aromatic rings. The fraction of sp³-hybridized carbons (Fsp3) is 0.125. The number of aromatic nitrogens is 1. The Morgan fingerprint density at radius 3 is 2.40 bits per heavy atom. The van der Waals surface area contributed by atoms with Crippen molar-refractivity contribution >= 4 is 33.4 Å². The summed E-state index contributed by atoms with van der Waals surface area (Å²) >= 11 is 0. The van der Waals surface area contributed by atoms with Crippen molar-refractivity contribution in [2.24, 2.45) is 0 Å². The minimum absolute atomic E-state index is 0.00796. The maximum absolute atomic E-state index is 12.3. The second-order valence-corrected chi connectivity index (χ2v) is 7.03. The molecule has 1 atom stereocenters. The zero-order valence-corrected chi connectivity index (χ0v) is 16.3. The maximum Gasteiger partial charge on any atom is 0.355 e. The van der Waals surface area contributed by atoms with E-state index in [1.807, 2.05) is 49.4 Å². The van der Waals surface area contributed by atoms with Crippen LogP contribution in [0.3, 0.4) is 0 Å². The van der Waals surface area contributed by atoms with Crippen molar-refractivity contribution in [3.8, 4) is 0 Å². The van der Waals surface area contributed by atoms with Crippen LogP contribution in [0.1, 0.15) is 29.0 Å². The van der Waals surface area contributed by atoms with Crippen molar-refractivity contribution in [1.82, 2.24) is 10.3 Å². The fourth-order valence-electron chi connectivity index (χ4n) is 3.52. The fourth-order valence-corrected chi connectivity index (χ4v) is 3.52. The number of H-pyrrole nitrogens is 1. The van der Waals surface area contributed by atoms with Crippen molar-refractivity contribution in [2.45, 2.75) is 13.0 Å². The molecule has 0 unspecified atom stereocenters. The molecular formula is C24H20N2O4. The number of amides is 1. The quantitative estimate of drug-likeness (QED) is 0.500. The molecule has 0 spiro atoms. The summed E-state index contributed by atoms with van der Waals surface area (Å²) in [5, 5.41) is 6.10. The zero-order valence-electron chi connectivity index (χ0n) is 16.3. The number of benzene rings is 3. The summed E-state index contributed by atoms with van der Waals surface area (Å²) in [6.07, 6.45) is 0. The van der Waals surface area contributed by atoms with Crippen LogP contribution in [0, 0.1) is 0 Å². The van der Waals surface area contributed by atoms with Crippen molar-refractivity contribution in [2.75, 3.05) is 6.61 Å². The molecule has 3 aromatic carbocycles. The molecule has 0 aliphatic rings. The van der Waals surface area contributed by atoms with Gasteiger partial charge in [-0.15, -0.1) is 0 Å². The Bertz CT molecular complexity index is 1300. The Morgan fingerprint density at radius 1 is 0.933 bits per heavy atom. The molecule has 0 aliphatic heterocycles. The number of hydrogen-bond donors (Lipinski definition) is 2. The van der Waals surface area contributed by atoms with Gasteiger partial charge in [0.2, 0.25) is 0 Å². The van der Waals surface area contributed by atoms with E-state index in [1.165, 1.54) is 6.07 Å². The summed E-state index contributed by atoms with van der Waals surface area (Å²) in [5.41, 5.74) is 0.606. The number of carbonyl (C=O) groups is 2. The molecule has 30 heavy (non-hydrogen) atoms. The third-order valence-electron chi connectivity index (χ3n) is 4.98.